The summed E-state index contributed by atoms with van der Waals surface area (Å²) in [4.78, 5) is 0. The van der Waals surface area contributed by atoms with E-state index in [1.807, 2.05) is 6.07 Å². The van der Waals surface area contributed by atoms with Crippen LogP contribution < -0.4 is 14.0 Å². The van der Waals surface area contributed by atoms with Gasteiger partial charge >= 0.3 is 6.53 Å². The van der Waals surface area contributed by atoms with Gasteiger partial charge in [-0.15, -0.1) is 0 Å². The molecule has 1 aromatic carbocycles. The molecule has 0 aromatic heterocycles. The van der Waals surface area contributed by atoms with Crippen LogP contribution in [0.4, 0.5) is 0 Å². The lowest BCUT2D eigenvalue weighted by molar-refractivity contribution is 0.397. The predicted molar refractivity (Wildman–Crippen MR) is 45.9 cm³/mol. The highest BCUT2D eigenvalue weighted by Gasteiger charge is 2.32. The summed E-state index contributed by atoms with van der Waals surface area (Å²) >= 11 is 5.61. The van der Waals surface area contributed by atoms with Gasteiger partial charge in [0.05, 0.1) is 7.11 Å². The molecule has 1 aromatic rings. The van der Waals surface area contributed by atoms with Crippen LogP contribution in [-0.4, -0.2) is 13.6 Å². The molecule has 0 unspecified atom stereocenters. The molecular weight excluding hydrogens is 178 g/mol. The highest BCUT2D eigenvalue weighted by molar-refractivity contribution is 7.00. The van der Waals surface area contributed by atoms with E-state index in [-0.39, 0.29) is 0 Å². The maximum absolute atomic E-state index is 5.61. The number of hydrogen-bond donors (Lipinski definition) is 0. The van der Waals surface area contributed by atoms with Gasteiger partial charge in [-0.25, -0.2) is 0 Å². The zero-order valence-corrected chi connectivity index (χ0v) is 7.17. The van der Waals surface area contributed by atoms with Crippen LogP contribution in [0.5, 0.6) is 17.2 Å². The SMILES string of the molecule is COc1cccc2c1OB(Cl)O2. The van der Waals surface area contributed by atoms with Crippen molar-refractivity contribution in [2.75, 3.05) is 7.11 Å². The zero-order chi connectivity index (χ0) is 8.55. The number of fused-ring (bicyclic) bond motifs is 1. The van der Waals surface area contributed by atoms with Crippen molar-refractivity contribution in [2.24, 2.45) is 0 Å². The summed E-state index contributed by atoms with van der Waals surface area (Å²) in [5, 5.41) is 0. The first-order valence-corrected chi connectivity index (χ1v) is 3.89. The molecule has 0 N–H and O–H groups in total. The van der Waals surface area contributed by atoms with Gasteiger partial charge in [-0.3, -0.25) is 0 Å². The Morgan fingerprint density at radius 2 is 2.25 bits per heavy atom. The van der Waals surface area contributed by atoms with Crippen LogP contribution in [0.25, 0.3) is 0 Å². The summed E-state index contributed by atoms with van der Waals surface area (Å²) in [6.07, 6.45) is 0. The predicted octanol–water partition coefficient (Wildman–Crippen LogP) is 1.69. The van der Waals surface area contributed by atoms with E-state index in [0.717, 1.165) is 0 Å². The lowest BCUT2D eigenvalue weighted by Crippen LogP contribution is -2.15. The summed E-state index contributed by atoms with van der Waals surface area (Å²) in [5.74, 6) is 1.82. The van der Waals surface area contributed by atoms with Crippen LogP contribution in [0.2, 0.25) is 0 Å². The number of hydrogen-bond acceptors (Lipinski definition) is 3. The van der Waals surface area contributed by atoms with E-state index in [1.54, 1.807) is 19.2 Å². The smallest absolute Gasteiger partial charge is 0.510 e. The fourth-order valence-electron chi connectivity index (χ4n) is 1.08. The van der Waals surface area contributed by atoms with Crippen molar-refractivity contribution in [1.29, 1.82) is 0 Å². The Morgan fingerprint density at radius 3 is 3.00 bits per heavy atom. The van der Waals surface area contributed by atoms with Gasteiger partial charge in [0, 0.05) is 0 Å². The average Bonchev–Trinajstić information content (AvgIpc) is 2.44. The second kappa shape index (κ2) is 2.79. The second-order valence-corrected chi connectivity index (χ2v) is 2.65. The standard InChI is InChI=1S/C7H6BClO3/c1-10-5-3-2-4-6-7(5)12-8(9)11-6/h2-4H,1H3. The molecule has 62 valence electrons. The van der Waals surface area contributed by atoms with E-state index in [9.17, 15) is 0 Å². The maximum Gasteiger partial charge on any atom is 0.713 e. The van der Waals surface area contributed by atoms with Gasteiger partial charge in [-0.1, -0.05) is 17.5 Å². The number of halogens is 1. The van der Waals surface area contributed by atoms with Gasteiger partial charge in [0.15, 0.2) is 11.5 Å². The van der Waals surface area contributed by atoms with Crippen molar-refractivity contribution in [3.8, 4) is 17.2 Å². The van der Waals surface area contributed by atoms with Crippen LogP contribution in [0.15, 0.2) is 18.2 Å². The minimum Gasteiger partial charge on any atom is -0.510 e. The Hall–Kier alpha value is -1.03. The van der Waals surface area contributed by atoms with Crippen LogP contribution >= 0.6 is 11.5 Å². The number of benzene rings is 1. The van der Waals surface area contributed by atoms with Gasteiger partial charge in [0.2, 0.25) is 0 Å². The minimum absolute atomic E-state index is 0.569. The highest BCUT2D eigenvalue weighted by Crippen LogP contribution is 2.41. The van der Waals surface area contributed by atoms with E-state index >= 15 is 0 Å². The van der Waals surface area contributed by atoms with E-state index in [4.69, 9.17) is 25.5 Å². The van der Waals surface area contributed by atoms with Crippen LogP contribution in [0.3, 0.4) is 0 Å². The van der Waals surface area contributed by atoms with Crippen molar-refractivity contribution >= 4 is 18.0 Å². The molecule has 1 heterocycles. The van der Waals surface area contributed by atoms with Gasteiger partial charge in [0.25, 0.3) is 0 Å². The molecule has 1 aliphatic heterocycles. The van der Waals surface area contributed by atoms with Gasteiger partial charge in [-0.2, -0.15) is 0 Å². The third-order valence-electron chi connectivity index (χ3n) is 1.59. The van der Waals surface area contributed by atoms with Crippen molar-refractivity contribution < 1.29 is 14.0 Å². The van der Waals surface area contributed by atoms with Crippen molar-refractivity contribution in [1.82, 2.24) is 0 Å². The molecule has 0 aliphatic carbocycles. The number of para-hydroxylation sites is 1. The maximum atomic E-state index is 5.61. The Morgan fingerprint density at radius 1 is 1.42 bits per heavy atom. The number of rotatable bonds is 1. The van der Waals surface area contributed by atoms with Crippen molar-refractivity contribution in [3.63, 3.8) is 0 Å². The molecule has 0 atom stereocenters. The third kappa shape index (κ3) is 1.08. The molecule has 5 heteroatoms. The van der Waals surface area contributed by atoms with Crippen LogP contribution in [0, 0.1) is 0 Å². The lowest BCUT2D eigenvalue weighted by atomic mass is 10.3. The topological polar surface area (TPSA) is 27.7 Å². The van der Waals surface area contributed by atoms with Gasteiger partial charge in [0.1, 0.15) is 5.75 Å². The molecule has 1 aliphatic rings. The summed E-state index contributed by atoms with van der Waals surface area (Å²) in [6, 6.07) is 5.38. The first-order chi connectivity index (χ1) is 5.81. The Balaban J connectivity index is 2.44. The average molecular weight is 184 g/mol. The molecule has 0 radical (unpaired) electrons. The zero-order valence-electron chi connectivity index (χ0n) is 6.41. The molecule has 12 heavy (non-hydrogen) atoms. The molecule has 0 spiro atoms. The van der Waals surface area contributed by atoms with E-state index in [1.165, 1.54) is 0 Å². The summed E-state index contributed by atoms with van der Waals surface area (Å²) in [6.45, 7) is -0.740. The van der Waals surface area contributed by atoms with Crippen LogP contribution in [0.1, 0.15) is 0 Å². The molecule has 0 fully saturated rings. The van der Waals surface area contributed by atoms with Crippen LogP contribution in [-0.2, 0) is 0 Å². The highest BCUT2D eigenvalue weighted by atomic mass is 35.5. The lowest BCUT2D eigenvalue weighted by Gasteiger charge is -2.03. The Kier molecular flexibility index (Phi) is 1.77. The summed E-state index contributed by atoms with van der Waals surface area (Å²) in [7, 11) is 1.57. The third-order valence-corrected chi connectivity index (χ3v) is 1.77. The normalized spacial score (nSPS) is 13.3. The monoisotopic (exact) mass is 184 g/mol. The molecule has 0 bridgehead atoms. The second-order valence-electron chi connectivity index (χ2n) is 2.30. The van der Waals surface area contributed by atoms with Gasteiger partial charge < -0.3 is 14.0 Å². The molecule has 0 saturated carbocycles. The molecule has 0 amide bonds. The first kappa shape index (κ1) is 7.62. The fourth-order valence-corrected chi connectivity index (χ4v) is 1.27. The van der Waals surface area contributed by atoms with E-state index < -0.39 is 6.53 Å². The molecule has 0 saturated heterocycles. The Bertz CT molecular complexity index is 305. The molecule has 3 nitrogen and oxygen atoms in total. The van der Waals surface area contributed by atoms with E-state index in [0.29, 0.717) is 17.2 Å². The minimum atomic E-state index is -0.740. The fraction of sp³-hybridized carbons (Fsp3) is 0.143. The van der Waals surface area contributed by atoms with Crippen molar-refractivity contribution in [3.05, 3.63) is 18.2 Å². The largest absolute Gasteiger partial charge is 0.713 e. The van der Waals surface area contributed by atoms with E-state index in [2.05, 4.69) is 0 Å². The van der Waals surface area contributed by atoms with Crippen molar-refractivity contribution in [2.45, 2.75) is 0 Å². The summed E-state index contributed by atoms with van der Waals surface area (Å²) < 4.78 is 15.3. The quantitative estimate of drug-likeness (QED) is 0.622. The molecule has 2 rings (SSSR count). The first-order valence-electron chi connectivity index (χ1n) is 3.45. The number of methoxy groups -OCH3 is 1. The van der Waals surface area contributed by atoms with Gasteiger partial charge in [-0.05, 0) is 12.1 Å². The molecular formula is C7H6BClO3. The Labute approximate surface area is 75.2 Å². The number of ether oxygens (including phenoxy) is 1. The summed E-state index contributed by atoms with van der Waals surface area (Å²) in [5.41, 5.74) is 0.